The second-order valence-electron chi connectivity index (χ2n) is 5.17. The van der Waals surface area contributed by atoms with Gasteiger partial charge in [0.25, 0.3) is 0 Å². The first kappa shape index (κ1) is 14.8. The highest BCUT2D eigenvalue weighted by atomic mass is 32.1. The van der Waals surface area contributed by atoms with E-state index in [2.05, 4.69) is 24.4 Å². The molecule has 0 radical (unpaired) electrons. The Labute approximate surface area is 125 Å². The Morgan fingerprint density at radius 2 is 2.35 bits per heavy atom. The molecule has 0 bridgehead atoms. The molecular formula is C15H21N3OS. The molecule has 0 saturated carbocycles. The lowest BCUT2D eigenvalue weighted by atomic mass is 9.98. The highest BCUT2D eigenvalue weighted by Crippen LogP contribution is 2.18. The number of primary amides is 1. The van der Waals surface area contributed by atoms with Crippen molar-refractivity contribution in [1.29, 1.82) is 0 Å². The normalized spacial score (nSPS) is 18.6. The van der Waals surface area contributed by atoms with Crippen LogP contribution in [0.4, 0.5) is 5.69 Å². The van der Waals surface area contributed by atoms with Crippen molar-refractivity contribution >= 4 is 28.9 Å². The minimum atomic E-state index is -0.231. The Bertz CT molecular complexity index is 504. The molecule has 1 aliphatic rings. The van der Waals surface area contributed by atoms with Gasteiger partial charge in [0.1, 0.15) is 0 Å². The van der Waals surface area contributed by atoms with Crippen molar-refractivity contribution in [1.82, 2.24) is 4.90 Å². The molecule has 1 heterocycles. The Morgan fingerprint density at radius 1 is 1.55 bits per heavy atom. The number of rotatable bonds is 3. The van der Waals surface area contributed by atoms with Crippen LogP contribution in [-0.4, -0.2) is 29.0 Å². The lowest BCUT2D eigenvalue weighted by Gasteiger charge is -2.33. The molecule has 5 heteroatoms. The lowest BCUT2D eigenvalue weighted by Crippen LogP contribution is -2.45. The van der Waals surface area contributed by atoms with Gasteiger partial charge in [0, 0.05) is 18.8 Å². The second kappa shape index (κ2) is 6.70. The number of likely N-dealkylation sites (tertiary alicyclic amines) is 1. The van der Waals surface area contributed by atoms with E-state index in [1.807, 2.05) is 17.0 Å². The van der Waals surface area contributed by atoms with Crippen LogP contribution < -0.4 is 11.1 Å². The molecule has 0 spiro atoms. The summed E-state index contributed by atoms with van der Waals surface area (Å²) >= 11 is 5.44. The number of amides is 1. The van der Waals surface area contributed by atoms with Crippen LogP contribution in [0.5, 0.6) is 0 Å². The van der Waals surface area contributed by atoms with Crippen molar-refractivity contribution in [2.45, 2.75) is 26.2 Å². The van der Waals surface area contributed by atoms with Crippen molar-refractivity contribution in [3.63, 3.8) is 0 Å². The van der Waals surface area contributed by atoms with Crippen molar-refractivity contribution in [2.24, 2.45) is 11.7 Å². The number of hydrogen-bond donors (Lipinski definition) is 2. The van der Waals surface area contributed by atoms with E-state index in [0.717, 1.165) is 31.5 Å². The number of thiocarbonyl (C=S) groups is 1. The summed E-state index contributed by atoms with van der Waals surface area (Å²) in [5.74, 6) is -0.323. The molecule has 1 aromatic rings. The van der Waals surface area contributed by atoms with Gasteiger partial charge < -0.3 is 16.0 Å². The SMILES string of the molecule is CCc1cccc(NC(=S)N2CCC[C@H](C(N)=O)C2)c1. The van der Waals surface area contributed by atoms with Crippen LogP contribution in [0.2, 0.25) is 0 Å². The Balaban J connectivity index is 1.98. The number of hydrogen-bond acceptors (Lipinski definition) is 2. The summed E-state index contributed by atoms with van der Waals surface area (Å²) in [5.41, 5.74) is 7.66. The van der Waals surface area contributed by atoms with Gasteiger partial charge in [-0.15, -0.1) is 0 Å². The number of aryl methyl sites for hydroxylation is 1. The summed E-state index contributed by atoms with van der Waals surface area (Å²) in [6.07, 6.45) is 2.81. The third kappa shape index (κ3) is 3.70. The Morgan fingerprint density at radius 3 is 3.05 bits per heavy atom. The van der Waals surface area contributed by atoms with E-state index in [1.54, 1.807) is 0 Å². The molecule has 108 valence electrons. The average Bonchev–Trinajstić information content (AvgIpc) is 2.47. The molecule has 1 aromatic carbocycles. The highest BCUT2D eigenvalue weighted by Gasteiger charge is 2.25. The number of nitrogens with two attached hydrogens (primary N) is 1. The predicted molar refractivity (Wildman–Crippen MR) is 85.5 cm³/mol. The van der Waals surface area contributed by atoms with Gasteiger partial charge in [0.2, 0.25) is 5.91 Å². The molecule has 1 amide bonds. The smallest absolute Gasteiger partial charge is 0.222 e. The van der Waals surface area contributed by atoms with E-state index in [9.17, 15) is 4.79 Å². The van der Waals surface area contributed by atoms with E-state index in [-0.39, 0.29) is 11.8 Å². The van der Waals surface area contributed by atoms with Crippen molar-refractivity contribution < 1.29 is 4.79 Å². The van der Waals surface area contributed by atoms with Crippen molar-refractivity contribution in [2.75, 3.05) is 18.4 Å². The molecule has 4 nitrogen and oxygen atoms in total. The third-order valence-electron chi connectivity index (χ3n) is 3.70. The van der Waals surface area contributed by atoms with E-state index < -0.39 is 0 Å². The molecule has 1 atom stereocenters. The summed E-state index contributed by atoms with van der Waals surface area (Å²) in [6, 6.07) is 8.22. The lowest BCUT2D eigenvalue weighted by molar-refractivity contribution is -0.122. The fourth-order valence-corrected chi connectivity index (χ4v) is 2.75. The molecule has 1 aliphatic heterocycles. The van der Waals surface area contributed by atoms with Crippen LogP contribution in [0.15, 0.2) is 24.3 Å². The predicted octanol–water partition coefficient (Wildman–Crippen LogP) is 2.14. The maximum absolute atomic E-state index is 11.3. The topological polar surface area (TPSA) is 58.4 Å². The van der Waals surface area contributed by atoms with Gasteiger partial charge >= 0.3 is 0 Å². The van der Waals surface area contributed by atoms with Crippen LogP contribution in [0.25, 0.3) is 0 Å². The van der Waals surface area contributed by atoms with Crippen LogP contribution >= 0.6 is 12.2 Å². The van der Waals surface area contributed by atoms with Crippen molar-refractivity contribution in [3.05, 3.63) is 29.8 Å². The van der Waals surface area contributed by atoms with E-state index >= 15 is 0 Å². The molecule has 0 unspecified atom stereocenters. The largest absolute Gasteiger partial charge is 0.369 e. The van der Waals surface area contributed by atoms with E-state index in [4.69, 9.17) is 18.0 Å². The molecule has 1 saturated heterocycles. The van der Waals surface area contributed by atoms with Gasteiger partial charge in [-0.3, -0.25) is 4.79 Å². The van der Waals surface area contributed by atoms with Gasteiger partial charge in [-0.2, -0.15) is 0 Å². The van der Waals surface area contributed by atoms with Crippen molar-refractivity contribution in [3.8, 4) is 0 Å². The molecule has 0 aromatic heterocycles. The van der Waals surface area contributed by atoms with Crippen LogP contribution in [0.3, 0.4) is 0 Å². The number of piperidine rings is 1. The van der Waals surface area contributed by atoms with E-state index in [0.29, 0.717) is 11.7 Å². The molecule has 3 N–H and O–H groups in total. The second-order valence-corrected chi connectivity index (χ2v) is 5.56. The number of anilines is 1. The molecule has 1 fully saturated rings. The molecule has 0 aliphatic carbocycles. The van der Waals surface area contributed by atoms with Gasteiger partial charge in [-0.25, -0.2) is 0 Å². The zero-order chi connectivity index (χ0) is 14.5. The number of carbonyl (C=O) groups excluding carboxylic acids is 1. The minimum Gasteiger partial charge on any atom is -0.369 e. The first-order chi connectivity index (χ1) is 9.60. The zero-order valence-electron chi connectivity index (χ0n) is 11.8. The molecule has 2 rings (SSSR count). The maximum Gasteiger partial charge on any atom is 0.222 e. The standard InChI is InChI=1S/C15H21N3OS/c1-2-11-5-3-7-13(9-11)17-15(20)18-8-4-6-12(10-18)14(16)19/h3,5,7,9,12H,2,4,6,8,10H2,1H3,(H2,16,19)(H,17,20)/t12-/m0/s1. The Hall–Kier alpha value is -1.62. The van der Waals surface area contributed by atoms with Gasteiger partial charge in [0.15, 0.2) is 5.11 Å². The van der Waals surface area contributed by atoms with Crippen LogP contribution in [-0.2, 0) is 11.2 Å². The summed E-state index contributed by atoms with van der Waals surface area (Å²) in [7, 11) is 0. The van der Waals surface area contributed by atoms with Gasteiger partial charge in [-0.1, -0.05) is 19.1 Å². The summed E-state index contributed by atoms with van der Waals surface area (Å²) in [5, 5.41) is 3.92. The fourth-order valence-electron chi connectivity index (χ4n) is 2.47. The summed E-state index contributed by atoms with van der Waals surface area (Å²) < 4.78 is 0. The molecular weight excluding hydrogens is 270 g/mol. The first-order valence-corrected chi connectivity index (χ1v) is 7.45. The number of benzene rings is 1. The van der Waals surface area contributed by atoms with E-state index in [1.165, 1.54) is 5.56 Å². The number of nitrogens with one attached hydrogen (secondary N) is 1. The fraction of sp³-hybridized carbons (Fsp3) is 0.467. The number of carbonyl (C=O) groups is 1. The first-order valence-electron chi connectivity index (χ1n) is 7.04. The van der Waals surface area contributed by atoms with Gasteiger partial charge in [-0.05, 0) is 49.2 Å². The maximum atomic E-state index is 11.3. The highest BCUT2D eigenvalue weighted by molar-refractivity contribution is 7.80. The average molecular weight is 291 g/mol. The molecule has 20 heavy (non-hydrogen) atoms. The summed E-state index contributed by atoms with van der Waals surface area (Å²) in [6.45, 7) is 3.62. The van der Waals surface area contributed by atoms with Gasteiger partial charge in [0.05, 0.1) is 5.92 Å². The number of nitrogens with zero attached hydrogens (tertiary/aromatic N) is 1. The quantitative estimate of drug-likeness (QED) is 0.838. The monoisotopic (exact) mass is 291 g/mol. The zero-order valence-corrected chi connectivity index (χ0v) is 12.6. The summed E-state index contributed by atoms with van der Waals surface area (Å²) in [4.78, 5) is 13.3. The van der Waals surface area contributed by atoms with Crippen LogP contribution in [0.1, 0.15) is 25.3 Å². The minimum absolute atomic E-state index is 0.0922. The van der Waals surface area contributed by atoms with Crippen LogP contribution in [0, 0.1) is 5.92 Å². The third-order valence-corrected chi connectivity index (χ3v) is 4.06. The Kier molecular flexibility index (Phi) is 4.95.